The predicted molar refractivity (Wildman–Crippen MR) is 65.0 cm³/mol. The molecule has 0 aromatic rings. The second-order valence-electron chi connectivity index (χ2n) is 4.69. The van der Waals surface area contributed by atoms with Crippen molar-refractivity contribution < 1.29 is 0 Å². The van der Waals surface area contributed by atoms with Gasteiger partial charge in [-0.3, -0.25) is 0 Å². The van der Waals surface area contributed by atoms with Crippen LogP contribution in [0, 0.1) is 0 Å². The van der Waals surface area contributed by atoms with Gasteiger partial charge in [-0.25, -0.2) is 0 Å². The van der Waals surface area contributed by atoms with Gasteiger partial charge in [-0.2, -0.15) is 0 Å². The Bertz CT molecular complexity index is 123. The largest absolute Gasteiger partial charge is 0.115 e. The molecule has 70 valence electrons. The Morgan fingerprint density at radius 3 is 0.909 bits per heavy atom. The minimum Gasteiger partial charge on any atom is -0.115 e. The van der Waals surface area contributed by atoms with Crippen LogP contribution < -0.4 is 0 Å². The predicted octanol–water partition coefficient (Wildman–Crippen LogP) is 5.01. The highest BCUT2D eigenvalue weighted by Crippen LogP contribution is 2.78. The molecule has 3 heteroatoms. The zero-order valence-electron chi connectivity index (χ0n) is 8.16. The maximum absolute atomic E-state index is 3.82. The van der Waals surface area contributed by atoms with Crippen molar-refractivity contribution in [2.45, 2.75) is 51.0 Å². The maximum Gasteiger partial charge on any atom is 0.0105 e. The molecule has 0 aliphatic rings. The second-order valence-corrected chi connectivity index (χ2v) is 16.5. The summed E-state index contributed by atoms with van der Waals surface area (Å²) in [5.41, 5.74) is 0. The van der Waals surface area contributed by atoms with Gasteiger partial charge in [-0.15, -0.1) is 6.89 Å². The maximum atomic E-state index is 3.82. The second kappa shape index (κ2) is 3.22. The van der Waals surface area contributed by atoms with Gasteiger partial charge in [-0.1, -0.05) is 41.5 Å². The lowest BCUT2D eigenvalue weighted by Gasteiger charge is -2.49. The highest BCUT2D eigenvalue weighted by atomic mass is 79.9. The van der Waals surface area contributed by atoms with Crippen molar-refractivity contribution >= 4 is 36.5 Å². The van der Waals surface area contributed by atoms with Crippen LogP contribution in [0.3, 0.4) is 0 Å². The molecule has 0 aromatic carbocycles. The molecule has 0 radical (unpaired) electrons. The van der Waals surface area contributed by atoms with Gasteiger partial charge >= 0.3 is 0 Å². The van der Waals surface area contributed by atoms with Gasteiger partial charge in [-0.05, 0) is 29.6 Å². The van der Waals surface area contributed by atoms with Crippen LogP contribution in [-0.4, -0.2) is 9.49 Å². The van der Waals surface area contributed by atoms with Crippen molar-refractivity contribution in [1.29, 1.82) is 0 Å². The lowest BCUT2D eigenvalue weighted by Crippen LogP contribution is -2.30. The van der Waals surface area contributed by atoms with E-state index >= 15 is 0 Å². The summed E-state index contributed by atoms with van der Waals surface area (Å²) < 4.78 is 0.594. The van der Waals surface area contributed by atoms with E-state index in [1.807, 2.05) is 0 Å². The fourth-order valence-electron chi connectivity index (χ4n) is 0.919. The van der Waals surface area contributed by atoms with Crippen molar-refractivity contribution in [2.24, 2.45) is 0 Å². The number of rotatable bonds is 0. The summed E-state index contributed by atoms with van der Waals surface area (Å²) in [4.78, 5) is 0. The normalized spacial score (nSPS) is 16.7. The van der Waals surface area contributed by atoms with Crippen molar-refractivity contribution in [1.82, 2.24) is 0 Å². The summed E-state index contributed by atoms with van der Waals surface area (Å²) in [7, 11) is 0. The Balaban J connectivity index is 4.75. The van der Waals surface area contributed by atoms with Crippen LogP contribution in [0.4, 0.5) is 0 Å². The Hall–Kier alpha value is 1.31. The molecule has 0 amide bonds. The minimum atomic E-state index is -0.889. The SMILES string of the molecule is CC(C)(C)S(Br)(Br)C(C)(C)C. The van der Waals surface area contributed by atoms with Crippen molar-refractivity contribution in [3.63, 3.8) is 0 Å². The Labute approximate surface area is 87.2 Å². The average molecular weight is 306 g/mol. The third-order valence-corrected chi connectivity index (χ3v) is 16.3. The van der Waals surface area contributed by atoms with Crippen LogP contribution in [0.15, 0.2) is 0 Å². The van der Waals surface area contributed by atoms with Gasteiger partial charge in [0, 0.05) is 9.49 Å². The van der Waals surface area contributed by atoms with Crippen LogP contribution in [0.5, 0.6) is 0 Å². The first kappa shape index (κ1) is 12.3. The first-order valence-electron chi connectivity index (χ1n) is 3.72. The Morgan fingerprint density at radius 2 is 0.909 bits per heavy atom. The molecule has 0 saturated carbocycles. The molecule has 0 atom stereocenters. The molecule has 0 fully saturated rings. The molecule has 0 aliphatic carbocycles. The lowest BCUT2D eigenvalue weighted by atomic mass is 10.2. The molecule has 0 bridgehead atoms. The van der Waals surface area contributed by atoms with Gasteiger partial charge < -0.3 is 0 Å². The average Bonchev–Trinajstić information content (AvgIpc) is 1.58. The van der Waals surface area contributed by atoms with E-state index in [1.165, 1.54) is 0 Å². The molecule has 0 aliphatic heterocycles. The highest BCUT2D eigenvalue weighted by molar-refractivity contribution is 9.91. The summed E-state index contributed by atoms with van der Waals surface area (Å²) in [6.45, 7) is 12.7. The van der Waals surface area contributed by atoms with E-state index in [0.29, 0.717) is 9.49 Å². The molecule has 0 saturated heterocycles. The summed E-state index contributed by atoms with van der Waals surface area (Å²) in [6.07, 6.45) is 0. The Kier molecular flexibility index (Phi) is 3.61. The molecule has 0 N–H and O–H groups in total. The van der Waals surface area contributed by atoms with Crippen molar-refractivity contribution in [3.05, 3.63) is 0 Å². The summed E-state index contributed by atoms with van der Waals surface area (Å²) >= 11 is 7.65. The van der Waals surface area contributed by atoms with Crippen molar-refractivity contribution in [3.8, 4) is 0 Å². The van der Waals surface area contributed by atoms with Crippen LogP contribution >= 0.6 is 36.5 Å². The van der Waals surface area contributed by atoms with E-state index in [1.54, 1.807) is 0 Å². The number of hydrogen-bond donors (Lipinski definition) is 0. The highest BCUT2D eigenvalue weighted by Gasteiger charge is 2.41. The van der Waals surface area contributed by atoms with Gasteiger partial charge in [0.15, 0.2) is 0 Å². The summed E-state index contributed by atoms with van der Waals surface area (Å²) in [6, 6.07) is 0. The minimum absolute atomic E-state index is 0.297. The molecule has 0 unspecified atom stereocenters. The first-order chi connectivity index (χ1) is 4.50. The molecule has 11 heavy (non-hydrogen) atoms. The van der Waals surface area contributed by atoms with E-state index in [4.69, 9.17) is 0 Å². The van der Waals surface area contributed by atoms with E-state index in [2.05, 4.69) is 71.2 Å². The smallest absolute Gasteiger partial charge is 0.0105 e. The lowest BCUT2D eigenvalue weighted by molar-refractivity contribution is 0.735. The van der Waals surface area contributed by atoms with Gasteiger partial charge in [0.2, 0.25) is 0 Å². The molecule has 0 spiro atoms. The first-order valence-corrected chi connectivity index (χ1v) is 9.04. The third-order valence-electron chi connectivity index (χ3n) is 1.54. The van der Waals surface area contributed by atoms with Gasteiger partial charge in [0.05, 0.1) is 0 Å². The summed E-state index contributed by atoms with van der Waals surface area (Å²) in [5.74, 6) is 0. The molecular formula is C8H18Br2S. The molecule has 0 nitrogen and oxygen atoms in total. The van der Waals surface area contributed by atoms with E-state index in [-0.39, 0.29) is 0 Å². The van der Waals surface area contributed by atoms with Crippen molar-refractivity contribution in [2.75, 3.05) is 0 Å². The zero-order valence-corrected chi connectivity index (χ0v) is 12.2. The zero-order chi connectivity index (χ0) is 9.50. The summed E-state index contributed by atoms with van der Waals surface area (Å²) in [5, 5.41) is 0. The van der Waals surface area contributed by atoms with Crippen LogP contribution in [0.2, 0.25) is 0 Å². The van der Waals surface area contributed by atoms with Gasteiger partial charge in [0.25, 0.3) is 0 Å². The van der Waals surface area contributed by atoms with Gasteiger partial charge in [0.1, 0.15) is 0 Å². The monoisotopic (exact) mass is 304 g/mol. The fraction of sp³-hybridized carbons (Fsp3) is 1.00. The van der Waals surface area contributed by atoms with E-state index < -0.39 is 6.89 Å². The van der Waals surface area contributed by atoms with E-state index in [9.17, 15) is 0 Å². The topological polar surface area (TPSA) is 0 Å². The Morgan fingerprint density at radius 1 is 0.727 bits per heavy atom. The third kappa shape index (κ3) is 2.63. The fourth-order valence-corrected chi connectivity index (χ4v) is 2.76. The molecule has 0 aromatic heterocycles. The van der Waals surface area contributed by atoms with Crippen LogP contribution in [0.1, 0.15) is 41.5 Å². The molecule has 0 rings (SSSR count). The van der Waals surface area contributed by atoms with E-state index in [0.717, 1.165) is 0 Å². The number of halogens is 2. The quantitative estimate of drug-likeness (QED) is 0.590. The standard InChI is InChI=1S/C8H18Br2S/c1-7(2,3)11(9,10)8(4,5)6/h1-6H3. The van der Waals surface area contributed by atoms with Crippen LogP contribution in [-0.2, 0) is 0 Å². The van der Waals surface area contributed by atoms with Crippen LogP contribution in [0.25, 0.3) is 0 Å². The number of hydrogen-bond acceptors (Lipinski definition) is 0. The molecule has 0 heterocycles. The molecular weight excluding hydrogens is 288 g/mol.